The van der Waals surface area contributed by atoms with E-state index in [1.165, 1.54) is 19.2 Å². The number of rotatable bonds is 5. The summed E-state index contributed by atoms with van der Waals surface area (Å²) in [5.41, 5.74) is 0.855. The van der Waals surface area contributed by atoms with Crippen molar-refractivity contribution in [3.8, 4) is 11.5 Å². The molecule has 0 aliphatic rings. The molecule has 0 unspecified atom stereocenters. The van der Waals surface area contributed by atoms with Crippen LogP contribution in [-0.4, -0.2) is 18.2 Å². The zero-order chi connectivity index (χ0) is 15.4. The molecule has 0 spiro atoms. The molecule has 21 heavy (non-hydrogen) atoms. The van der Waals surface area contributed by atoms with Crippen molar-refractivity contribution in [2.75, 3.05) is 7.11 Å². The van der Waals surface area contributed by atoms with Gasteiger partial charge in [-0.25, -0.2) is 4.79 Å². The van der Waals surface area contributed by atoms with E-state index >= 15 is 0 Å². The van der Waals surface area contributed by atoms with Crippen LogP contribution in [0.4, 0.5) is 0 Å². The zero-order valence-corrected chi connectivity index (χ0v) is 12.6. The molecular weight excluding hydrogens is 315 g/mol. The van der Waals surface area contributed by atoms with E-state index in [-0.39, 0.29) is 12.2 Å². The van der Waals surface area contributed by atoms with E-state index in [9.17, 15) is 4.79 Å². The predicted molar refractivity (Wildman–Crippen MR) is 80.7 cm³/mol. The molecule has 2 aromatic carbocycles. The van der Waals surface area contributed by atoms with Gasteiger partial charge in [0.15, 0.2) is 11.5 Å². The Hall–Kier alpha value is -1.91. The summed E-state index contributed by atoms with van der Waals surface area (Å²) in [5, 5.41) is 10.0. The number of ether oxygens (including phenoxy) is 2. The maximum Gasteiger partial charge on any atom is 0.335 e. The normalized spacial score (nSPS) is 10.2. The van der Waals surface area contributed by atoms with Crippen molar-refractivity contribution < 1.29 is 19.4 Å². The van der Waals surface area contributed by atoms with Gasteiger partial charge in [-0.05, 0) is 36.4 Å². The number of benzene rings is 2. The first-order chi connectivity index (χ1) is 10.0. The molecule has 0 heterocycles. The fraction of sp³-hybridized carbons (Fsp3) is 0.133. The van der Waals surface area contributed by atoms with Gasteiger partial charge in [-0.3, -0.25) is 0 Å². The van der Waals surface area contributed by atoms with Gasteiger partial charge in [0.25, 0.3) is 0 Å². The fourth-order valence-corrected chi connectivity index (χ4v) is 2.10. The quantitative estimate of drug-likeness (QED) is 0.890. The van der Waals surface area contributed by atoms with Gasteiger partial charge in [-0.15, -0.1) is 0 Å². The highest BCUT2D eigenvalue weighted by Gasteiger charge is 2.11. The van der Waals surface area contributed by atoms with Crippen LogP contribution in [0.15, 0.2) is 36.4 Å². The third-order valence-corrected chi connectivity index (χ3v) is 3.41. The second kappa shape index (κ2) is 6.70. The molecule has 0 radical (unpaired) electrons. The maximum absolute atomic E-state index is 10.9. The molecule has 0 aliphatic heterocycles. The Bertz CT molecular complexity index is 671. The highest BCUT2D eigenvalue weighted by Crippen LogP contribution is 2.30. The van der Waals surface area contributed by atoms with Gasteiger partial charge >= 0.3 is 5.97 Å². The molecule has 2 aromatic rings. The first-order valence-corrected chi connectivity index (χ1v) is 6.75. The highest BCUT2D eigenvalue weighted by atomic mass is 35.5. The van der Waals surface area contributed by atoms with Crippen LogP contribution in [0.2, 0.25) is 10.0 Å². The number of halogens is 2. The average Bonchev–Trinajstić information content (AvgIpc) is 2.47. The van der Waals surface area contributed by atoms with Gasteiger partial charge in [-0.1, -0.05) is 23.2 Å². The van der Waals surface area contributed by atoms with Crippen LogP contribution in [0, 0.1) is 0 Å². The Morgan fingerprint density at radius 2 is 1.90 bits per heavy atom. The molecule has 0 amide bonds. The maximum atomic E-state index is 10.9. The summed E-state index contributed by atoms with van der Waals surface area (Å²) in [6.45, 7) is 0.197. The summed E-state index contributed by atoms with van der Waals surface area (Å²) >= 11 is 12.0. The van der Waals surface area contributed by atoms with E-state index in [0.717, 1.165) is 5.56 Å². The van der Waals surface area contributed by atoms with Gasteiger partial charge in [0, 0.05) is 15.6 Å². The minimum absolute atomic E-state index is 0.125. The Balaban J connectivity index is 2.19. The predicted octanol–water partition coefficient (Wildman–Crippen LogP) is 4.28. The number of hydrogen-bond acceptors (Lipinski definition) is 3. The van der Waals surface area contributed by atoms with Crippen molar-refractivity contribution in [2.24, 2.45) is 0 Å². The Labute approximate surface area is 131 Å². The number of hydrogen-bond donors (Lipinski definition) is 1. The summed E-state index contributed by atoms with van der Waals surface area (Å²) in [7, 11) is 1.44. The van der Waals surface area contributed by atoms with E-state index in [4.69, 9.17) is 37.8 Å². The van der Waals surface area contributed by atoms with E-state index < -0.39 is 5.97 Å². The molecule has 0 saturated heterocycles. The summed E-state index contributed by atoms with van der Waals surface area (Å²) < 4.78 is 10.8. The van der Waals surface area contributed by atoms with Gasteiger partial charge in [-0.2, -0.15) is 0 Å². The van der Waals surface area contributed by atoms with Crippen molar-refractivity contribution in [1.82, 2.24) is 0 Å². The molecule has 0 fully saturated rings. The molecular formula is C15H12Cl2O4. The Kier molecular flexibility index (Phi) is 4.94. The van der Waals surface area contributed by atoms with Crippen molar-refractivity contribution in [3.05, 3.63) is 57.6 Å². The summed E-state index contributed by atoms with van der Waals surface area (Å²) in [5.74, 6) is -0.260. The van der Waals surface area contributed by atoms with Gasteiger partial charge < -0.3 is 14.6 Å². The Morgan fingerprint density at radius 1 is 1.14 bits per heavy atom. The van der Waals surface area contributed by atoms with Gasteiger partial charge in [0.05, 0.1) is 12.7 Å². The van der Waals surface area contributed by atoms with Crippen LogP contribution >= 0.6 is 23.2 Å². The number of carbonyl (C=O) groups is 1. The standard InChI is InChI=1S/C15H12Cl2O4/c1-20-14-7-9(15(18)19)2-5-13(14)21-8-10-6-11(16)3-4-12(10)17/h2-7H,8H2,1H3,(H,18,19). The van der Waals surface area contributed by atoms with Crippen molar-refractivity contribution >= 4 is 29.2 Å². The molecule has 0 aromatic heterocycles. The SMILES string of the molecule is COc1cc(C(=O)O)ccc1OCc1cc(Cl)ccc1Cl. The molecule has 4 nitrogen and oxygen atoms in total. The largest absolute Gasteiger partial charge is 0.493 e. The molecule has 0 bridgehead atoms. The lowest BCUT2D eigenvalue weighted by atomic mass is 10.2. The van der Waals surface area contributed by atoms with Crippen LogP contribution in [0.5, 0.6) is 11.5 Å². The fourth-order valence-electron chi connectivity index (χ4n) is 1.73. The first-order valence-electron chi connectivity index (χ1n) is 5.99. The summed E-state index contributed by atoms with van der Waals surface area (Å²) in [4.78, 5) is 10.9. The van der Waals surface area contributed by atoms with Crippen LogP contribution in [0.25, 0.3) is 0 Å². The molecule has 0 atom stereocenters. The van der Waals surface area contributed by atoms with Crippen molar-refractivity contribution in [2.45, 2.75) is 6.61 Å². The highest BCUT2D eigenvalue weighted by molar-refractivity contribution is 6.33. The molecule has 6 heteroatoms. The number of methoxy groups -OCH3 is 1. The van der Waals surface area contributed by atoms with Gasteiger partial charge in [0.2, 0.25) is 0 Å². The lowest BCUT2D eigenvalue weighted by Gasteiger charge is -2.12. The molecule has 2 rings (SSSR count). The Morgan fingerprint density at radius 3 is 2.57 bits per heavy atom. The van der Waals surface area contributed by atoms with Crippen LogP contribution < -0.4 is 9.47 Å². The lowest BCUT2D eigenvalue weighted by molar-refractivity contribution is 0.0696. The first kappa shape index (κ1) is 15.5. The van der Waals surface area contributed by atoms with Crippen LogP contribution in [0.1, 0.15) is 15.9 Å². The second-order valence-corrected chi connectivity index (χ2v) is 5.04. The summed E-state index contributed by atoms with van der Waals surface area (Å²) in [6, 6.07) is 9.47. The monoisotopic (exact) mass is 326 g/mol. The minimum atomic E-state index is -1.03. The summed E-state index contributed by atoms with van der Waals surface area (Å²) in [6.07, 6.45) is 0. The third kappa shape index (κ3) is 3.80. The molecule has 1 N–H and O–H groups in total. The number of carboxylic acid groups (broad SMARTS) is 1. The van der Waals surface area contributed by atoms with Crippen LogP contribution in [0.3, 0.4) is 0 Å². The zero-order valence-electron chi connectivity index (χ0n) is 11.1. The molecule has 110 valence electrons. The van der Waals surface area contributed by atoms with E-state index in [2.05, 4.69) is 0 Å². The van der Waals surface area contributed by atoms with E-state index in [1.807, 2.05) is 0 Å². The minimum Gasteiger partial charge on any atom is -0.493 e. The van der Waals surface area contributed by atoms with Crippen molar-refractivity contribution in [1.29, 1.82) is 0 Å². The number of carboxylic acids is 1. The lowest BCUT2D eigenvalue weighted by Crippen LogP contribution is -2.01. The molecule has 0 aliphatic carbocycles. The number of aromatic carboxylic acids is 1. The van der Waals surface area contributed by atoms with Gasteiger partial charge in [0.1, 0.15) is 6.61 Å². The third-order valence-electron chi connectivity index (χ3n) is 2.80. The second-order valence-electron chi connectivity index (χ2n) is 4.20. The molecule has 0 saturated carbocycles. The van der Waals surface area contributed by atoms with Crippen molar-refractivity contribution in [3.63, 3.8) is 0 Å². The van der Waals surface area contributed by atoms with E-state index in [0.29, 0.717) is 21.5 Å². The smallest absolute Gasteiger partial charge is 0.335 e. The topological polar surface area (TPSA) is 55.8 Å². The average molecular weight is 327 g/mol. The van der Waals surface area contributed by atoms with E-state index in [1.54, 1.807) is 24.3 Å². The van der Waals surface area contributed by atoms with Crippen LogP contribution in [-0.2, 0) is 6.61 Å².